The standard InChI is InChI=1S/C9H17N3O3S/c1-3-10-6-8(2)16(13,14)11-7-9-4-5-15-12-9/h4-5,8,10-11H,3,6-7H2,1-2H3. The molecular formula is C9H17N3O3S. The van der Waals surface area contributed by atoms with Crippen molar-refractivity contribution < 1.29 is 12.9 Å². The molecule has 0 aliphatic rings. The van der Waals surface area contributed by atoms with Crippen molar-refractivity contribution in [2.24, 2.45) is 0 Å². The molecule has 1 atom stereocenters. The van der Waals surface area contributed by atoms with Crippen LogP contribution in [0.15, 0.2) is 16.9 Å². The van der Waals surface area contributed by atoms with Crippen molar-refractivity contribution in [3.63, 3.8) is 0 Å². The van der Waals surface area contributed by atoms with Crippen LogP contribution in [-0.2, 0) is 16.6 Å². The Kier molecular flexibility index (Phi) is 4.91. The molecule has 0 aliphatic heterocycles. The fraction of sp³-hybridized carbons (Fsp3) is 0.667. The van der Waals surface area contributed by atoms with E-state index in [0.29, 0.717) is 12.2 Å². The number of aromatic nitrogens is 1. The summed E-state index contributed by atoms with van der Waals surface area (Å²) >= 11 is 0. The zero-order chi connectivity index (χ0) is 12.0. The lowest BCUT2D eigenvalue weighted by Gasteiger charge is -2.13. The number of rotatable bonds is 7. The maximum absolute atomic E-state index is 11.7. The number of nitrogens with one attached hydrogen (secondary N) is 2. The van der Waals surface area contributed by atoms with Gasteiger partial charge in [0.15, 0.2) is 0 Å². The summed E-state index contributed by atoms with van der Waals surface area (Å²) in [5.74, 6) is 0. The Hall–Kier alpha value is -0.920. The second kappa shape index (κ2) is 5.97. The van der Waals surface area contributed by atoms with Crippen LogP contribution in [0.2, 0.25) is 0 Å². The van der Waals surface area contributed by atoms with E-state index in [2.05, 4.69) is 19.7 Å². The summed E-state index contributed by atoms with van der Waals surface area (Å²) in [5.41, 5.74) is 0.569. The van der Waals surface area contributed by atoms with Crippen LogP contribution in [-0.4, -0.2) is 31.9 Å². The third-order valence-electron chi connectivity index (χ3n) is 2.16. The minimum Gasteiger partial charge on any atom is -0.364 e. The van der Waals surface area contributed by atoms with Gasteiger partial charge in [-0.3, -0.25) is 0 Å². The molecule has 1 heterocycles. The molecule has 0 aliphatic carbocycles. The van der Waals surface area contributed by atoms with Crippen LogP contribution in [0.4, 0.5) is 0 Å². The number of hydrogen-bond acceptors (Lipinski definition) is 5. The minimum absolute atomic E-state index is 0.162. The van der Waals surface area contributed by atoms with Crippen molar-refractivity contribution in [2.75, 3.05) is 13.1 Å². The normalized spacial score (nSPS) is 13.9. The zero-order valence-electron chi connectivity index (χ0n) is 9.43. The van der Waals surface area contributed by atoms with Crippen molar-refractivity contribution in [1.29, 1.82) is 0 Å². The van der Waals surface area contributed by atoms with Gasteiger partial charge in [0.05, 0.1) is 17.5 Å². The summed E-state index contributed by atoms with van der Waals surface area (Å²) in [7, 11) is -3.30. The van der Waals surface area contributed by atoms with Gasteiger partial charge in [-0.05, 0) is 13.5 Å². The van der Waals surface area contributed by atoms with Crippen molar-refractivity contribution in [2.45, 2.75) is 25.6 Å². The maximum atomic E-state index is 11.7. The van der Waals surface area contributed by atoms with Crippen LogP contribution in [0, 0.1) is 0 Å². The second-order valence-electron chi connectivity index (χ2n) is 3.48. The Balaban J connectivity index is 2.45. The van der Waals surface area contributed by atoms with Gasteiger partial charge in [0.1, 0.15) is 6.26 Å². The van der Waals surface area contributed by atoms with Crippen LogP contribution < -0.4 is 10.0 Å². The van der Waals surface area contributed by atoms with Gasteiger partial charge >= 0.3 is 0 Å². The molecule has 6 nitrogen and oxygen atoms in total. The monoisotopic (exact) mass is 247 g/mol. The van der Waals surface area contributed by atoms with E-state index in [-0.39, 0.29) is 6.54 Å². The Morgan fingerprint density at radius 2 is 2.31 bits per heavy atom. The van der Waals surface area contributed by atoms with Crippen LogP contribution in [0.25, 0.3) is 0 Å². The summed E-state index contributed by atoms with van der Waals surface area (Å²) in [5, 5.41) is 6.14. The summed E-state index contributed by atoms with van der Waals surface area (Å²) in [4.78, 5) is 0. The van der Waals surface area contributed by atoms with Crippen LogP contribution >= 0.6 is 0 Å². The van der Waals surface area contributed by atoms with Gasteiger partial charge in [-0.15, -0.1) is 0 Å². The molecule has 0 spiro atoms. The van der Waals surface area contributed by atoms with Crippen LogP contribution in [0.3, 0.4) is 0 Å². The fourth-order valence-corrected chi connectivity index (χ4v) is 2.07. The molecule has 0 saturated carbocycles. The smallest absolute Gasteiger partial charge is 0.215 e. The average Bonchev–Trinajstić information content (AvgIpc) is 2.76. The van der Waals surface area contributed by atoms with Crippen molar-refractivity contribution in [3.05, 3.63) is 18.0 Å². The van der Waals surface area contributed by atoms with E-state index in [0.717, 1.165) is 6.54 Å². The first-order valence-corrected chi connectivity index (χ1v) is 6.69. The van der Waals surface area contributed by atoms with E-state index in [1.54, 1.807) is 13.0 Å². The summed E-state index contributed by atoms with van der Waals surface area (Å²) in [6.45, 7) is 4.94. The first-order chi connectivity index (χ1) is 7.56. The summed E-state index contributed by atoms with van der Waals surface area (Å²) in [6.07, 6.45) is 1.41. The predicted molar refractivity (Wildman–Crippen MR) is 60.3 cm³/mol. The molecule has 0 amide bonds. The minimum atomic E-state index is -3.30. The van der Waals surface area contributed by atoms with Gasteiger partial charge in [-0.1, -0.05) is 12.1 Å². The van der Waals surface area contributed by atoms with Crippen molar-refractivity contribution in [3.8, 4) is 0 Å². The summed E-state index contributed by atoms with van der Waals surface area (Å²) < 4.78 is 30.5. The van der Waals surface area contributed by atoms with Gasteiger partial charge in [0, 0.05) is 12.6 Å². The lowest BCUT2D eigenvalue weighted by molar-refractivity contribution is 0.410. The summed E-state index contributed by atoms with van der Waals surface area (Å²) in [6, 6.07) is 1.62. The average molecular weight is 247 g/mol. The number of nitrogens with zero attached hydrogens (tertiary/aromatic N) is 1. The Labute approximate surface area is 95.4 Å². The number of hydrogen-bond donors (Lipinski definition) is 2. The topological polar surface area (TPSA) is 84.2 Å². The molecule has 1 rings (SSSR count). The van der Waals surface area contributed by atoms with E-state index in [4.69, 9.17) is 0 Å². The first-order valence-electron chi connectivity index (χ1n) is 5.14. The highest BCUT2D eigenvalue weighted by Gasteiger charge is 2.19. The van der Waals surface area contributed by atoms with Gasteiger partial charge in [0.25, 0.3) is 0 Å². The van der Waals surface area contributed by atoms with E-state index < -0.39 is 15.3 Å². The molecule has 92 valence electrons. The Bertz CT molecular complexity index is 388. The van der Waals surface area contributed by atoms with Gasteiger partial charge in [-0.25, -0.2) is 13.1 Å². The molecule has 1 unspecified atom stereocenters. The van der Waals surface area contributed by atoms with Crippen molar-refractivity contribution >= 4 is 10.0 Å². The molecule has 0 saturated heterocycles. The molecule has 0 aromatic carbocycles. The second-order valence-corrected chi connectivity index (χ2v) is 5.66. The molecule has 1 aromatic heterocycles. The van der Waals surface area contributed by atoms with Gasteiger partial charge < -0.3 is 9.84 Å². The molecule has 1 aromatic rings. The third-order valence-corrected chi connectivity index (χ3v) is 3.93. The van der Waals surface area contributed by atoms with Gasteiger partial charge in [0.2, 0.25) is 10.0 Å². The van der Waals surface area contributed by atoms with E-state index in [1.165, 1.54) is 6.26 Å². The van der Waals surface area contributed by atoms with E-state index in [1.807, 2.05) is 6.92 Å². The molecule has 7 heteroatoms. The number of sulfonamides is 1. The van der Waals surface area contributed by atoms with Crippen LogP contribution in [0.1, 0.15) is 19.5 Å². The molecule has 0 fully saturated rings. The SMILES string of the molecule is CCNCC(C)S(=O)(=O)NCc1ccon1. The highest BCUT2D eigenvalue weighted by atomic mass is 32.2. The highest BCUT2D eigenvalue weighted by Crippen LogP contribution is 2.00. The zero-order valence-corrected chi connectivity index (χ0v) is 10.3. The molecule has 2 N–H and O–H groups in total. The molecule has 16 heavy (non-hydrogen) atoms. The van der Waals surface area contributed by atoms with Crippen LogP contribution in [0.5, 0.6) is 0 Å². The van der Waals surface area contributed by atoms with Gasteiger partial charge in [-0.2, -0.15) is 0 Å². The highest BCUT2D eigenvalue weighted by molar-refractivity contribution is 7.90. The maximum Gasteiger partial charge on any atom is 0.215 e. The molecule has 0 bridgehead atoms. The quantitative estimate of drug-likeness (QED) is 0.713. The van der Waals surface area contributed by atoms with Crippen molar-refractivity contribution in [1.82, 2.24) is 15.2 Å². The lowest BCUT2D eigenvalue weighted by Crippen LogP contribution is -2.38. The molecular weight excluding hydrogens is 230 g/mol. The Morgan fingerprint density at radius 3 is 2.88 bits per heavy atom. The predicted octanol–water partition coefficient (Wildman–Crippen LogP) is 0.0920. The third kappa shape index (κ3) is 3.92. The lowest BCUT2D eigenvalue weighted by atomic mass is 10.4. The molecule has 0 radical (unpaired) electrons. The fourth-order valence-electron chi connectivity index (χ4n) is 1.10. The largest absolute Gasteiger partial charge is 0.364 e. The Morgan fingerprint density at radius 1 is 1.56 bits per heavy atom. The first kappa shape index (κ1) is 13.1. The van der Waals surface area contributed by atoms with E-state index >= 15 is 0 Å². The van der Waals surface area contributed by atoms with E-state index in [9.17, 15) is 8.42 Å².